The third kappa shape index (κ3) is 1.21. The summed E-state index contributed by atoms with van der Waals surface area (Å²) in [5, 5.41) is 3.27. The molecule has 1 aliphatic carbocycles. The van der Waals surface area contributed by atoms with Gasteiger partial charge in [-0.1, -0.05) is 0 Å². The monoisotopic (exact) mass is 191 g/mol. The molecule has 3 nitrogen and oxygen atoms in total. The van der Waals surface area contributed by atoms with Gasteiger partial charge in [0, 0.05) is 0 Å². The van der Waals surface area contributed by atoms with Crippen LogP contribution in [0.2, 0.25) is 0 Å². The van der Waals surface area contributed by atoms with Gasteiger partial charge >= 0.3 is 5.97 Å². The summed E-state index contributed by atoms with van der Waals surface area (Å²) in [6.45, 7) is 1.96. The van der Waals surface area contributed by atoms with Gasteiger partial charge in [0.05, 0.1) is 12.5 Å². The van der Waals surface area contributed by atoms with Crippen LogP contribution in [0.15, 0.2) is 0 Å². The molecular formula is C8H14ClNO2. The number of rotatable bonds is 1. The summed E-state index contributed by atoms with van der Waals surface area (Å²) < 4.78 is 4.77. The van der Waals surface area contributed by atoms with Crippen molar-refractivity contribution in [2.24, 2.45) is 11.3 Å². The molecule has 0 spiro atoms. The first kappa shape index (κ1) is 9.81. The van der Waals surface area contributed by atoms with E-state index in [4.69, 9.17) is 4.74 Å². The Balaban J connectivity index is 0.000000720. The Morgan fingerprint density at radius 2 is 2.42 bits per heavy atom. The van der Waals surface area contributed by atoms with E-state index in [1.807, 2.05) is 0 Å². The van der Waals surface area contributed by atoms with Gasteiger partial charge in [-0.3, -0.25) is 4.79 Å². The predicted molar refractivity (Wildman–Crippen MR) is 47.3 cm³/mol. The van der Waals surface area contributed by atoms with Gasteiger partial charge in [-0.05, 0) is 31.8 Å². The van der Waals surface area contributed by atoms with Crippen LogP contribution in [0.4, 0.5) is 0 Å². The van der Waals surface area contributed by atoms with Crippen LogP contribution >= 0.6 is 12.4 Å². The normalized spacial score (nSPS) is 37.6. The average molecular weight is 192 g/mol. The molecule has 1 heterocycles. The van der Waals surface area contributed by atoms with Crippen molar-refractivity contribution in [2.75, 3.05) is 20.2 Å². The van der Waals surface area contributed by atoms with E-state index in [2.05, 4.69) is 5.32 Å². The fourth-order valence-corrected chi connectivity index (χ4v) is 2.10. The SMILES string of the molecule is COC(=O)C12CCNCC1C2.Cl. The Morgan fingerprint density at radius 3 is 3.00 bits per heavy atom. The summed E-state index contributed by atoms with van der Waals surface area (Å²) >= 11 is 0. The van der Waals surface area contributed by atoms with Gasteiger partial charge < -0.3 is 10.1 Å². The minimum Gasteiger partial charge on any atom is -0.469 e. The van der Waals surface area contributed by atoms with Crippen LogP contribution in [0, 0.1) is 11.3 Å². The zero-order valence-electron chi connectivity index (χ0n) is 7.13. The number of piperidine rings is 1. The molecule has 1 saturated carbocycles. The maximum atomic E-state index is 11.3. The van der Waals surface area contributed by atoms with Crippen molar-refractivity contribution < 1.29 is 9.53 Å². The maximum Gasteiger partial charge on any atom is 0.312 e. The number of hydrogen-bond donors (Lipinski definition) is 1. The van der Waals surface area contributed by atoms with Gasteiger partial charge in [0.15, 0.2) is 0 Å². The number of methoxy groups -OCH3 is 1. The summed E-state index contributed by atoms with van der Waals surface area (Å²) in [7, 11) is 1.48. The summed E-state index contributed by atoms with van der Waals surface area (Å²) in [6, 6.07) is 0. The lowest BCUT2D eigenvalue weighted by atomic mass is 9.97. The van der Waals surface area contributed by atoms with Crippen molar-refractivity contribution in [3.05, 3.63) is 0 Å². The summed E-state index contributed by atoms with van der Waals surface area (Å²) in [5.74, 6) is 0.563. The second kappa shape index (κ2) is 3.23. The lowest BCUT2D eigenvalue weighted by molar-refractivity contribution is -0.148. The molecule has 0 amide bonds. The van der Waals surface area contributed by atoms with Crippen molar-refractivity contribution >= 4 is 18.4 Å². The largest absolute Gasteiger partial charge is 0.469 e. The molecule has 70 valence electrons. The topological polar surface area (TPSA) is 38.3 Å². The Labute approximate surface area is 78.3 Å². The van der Waals surface area contributed by atoms with Crippen molar-refractivity contribution in [3.63, 3.8) is 0 Å². The third-order valence-corrected chi connectivity index (χ3v) is 2.96. The van der Waals surface area contributed by atoms with Crippen LogP contribution in [0.25, 0.3) is 0 Å². The Kier molecular flexibility index (Phi) is 2.64. The van der Waals surface area contributed by atoms with Gasteiger partial charge in [-0.15, -0.1) is 12.4 Å². The highest BCUT2D eigenvalue weighted by Crippen LogP contribution is 2.56. The standard InChI is InChI=1S/C8H13NO2.ClH/c1-11-7(10)8-2-3-9-5-6(8)4-8;/h6,9H,2-5H2,1H3;1H. The average Bonchev–Trinajstić information content (AvgIpc) is 2.78. The highest BCUT2D eigenvalue weighted by Gasteiger charge is 2.61. The molecule has 2 aliphatic rings. The molecular weight excluding hydrogens is 178 g/mol. The maximum absolute atomic E-state index is 11.3. The molecule has 1 aliphatic heterocycles. The second-order valence-electron chi connectivity index (χ2n) is 3.50. The number of ether oxygens (including phenoxy) is 1. The molecule has 2 rings (SSSR count). The van der Waals surface area contributed by atoms with Crippen molar-refractivity contribution in [1.82, 2.24) is 5.32 Å². The minimum atomic E-state index is -0.0694. The van der Waals surface area contributed by atoms with Crippen LogP contribution in [-0.4, -0.2) is 26.2 Å². The van der Waals surface area contributed by atoms with Crippen LogP contribution < -0.4 is 5.32 Å². The number of hydrogen-bond acceptors (Lipinski definition) is 3. The Morgan fingerprint density at radius 1 is 1.67 bits per heavy atom. The molecule has 0 aromatic heterocycles. The summed E-state index contributed by atoms with van der Waals surface area (Å²) in [6.07, 6.45) is 2.00. The molecule has 2 atom stereocenters. The molecule has 2 unspecified atom stereocenters. The first-order chi connectivity index (χ1) is 5.29. The molecule has 0 bridgehead atoms. The minimum absolute atomic E-state index is 0. The Hall–Kier alpha value is -0.280. The molecule has 0 radical (unpaired) electrons. The lowest BCUT2D eigenvalue weighted by Gasteiger charge is -2.19. The molecule has 12 heavy (non-hydrogen) atoms. The van der Waals surface area contributed by atoms with Gasteiger partial charge in [0.1, 0.15) is 0 Å². The first-order valence-electron chi connectivity index (χ1n) is 4.09. The van der Waals surface area contributed by atoms with Crippen LogP contribution in [0.3, 0.4) is 0 Å². The zero-order chi connectivity index (χ0) is 7.90. The third-order valence-electron chi connectivity index (χ3n) is 2.96. The second-order valence-corrected chi connectivity index (χ2v) is 3.50. The molecule has 2 fully saturated rings. The van der Waals surface area contributed by atoms with E-state index in [0.29, 0.717) is 5.92 Å². The van der Waals surface area contributed by atoms with Crippen molar-refractivity contribution in [2.45, 2.75) is 12.8 Å². The van der Waals surface area contributed by atoms with Crippen molar-refractivity contribution in [1.29, 1.82) is 0 Å². The van der Waals surface area contributed by atoms with E-state index in [9.17, 15) is 4.79 Å². The number of esters is 1. The van der Waals surface area contributed by atoms with Crippen LogP contribution in [0.1, 0.15) is 12.8 Å². The molecule has 0 aromatic rings. The fraction of sp³-hybridized carbons (Fsp3) is 0.875. The number of halogens is 1. The molecule has 4 heteroatoms. The Bertz CT molecular complexity index is 197. The number of fused-ring (bicyclic) bond motifs is 1. The van der Waals surface area contributed by atoms with Crippen LogP contribution in [-0.2, 0) is 9.53 Å². The molecule has 1 saturated heterocycles. The van der Waals surface area contributed by atoms with E-state index in [1.54, 1.807) is 0 Å². The van der Waals surface area contributed by atoms with E-state index >= 15 is 0 Å². The summed E-state index contributed by atoms with van der Waals surface area (Å²) in [4.78, 5) is 11.3. The predicted octanol–water partition coefficient (Wildman–Crippen LogP) is 0.581. The number of carbonyl (C=O) groups is 1. The quantitative estimate of drug-likeness (QED) is 0.617. The van der Waals surface area contributed by atoms with E-state index < -0.39 is 0 Å². The molecule has 1 N–H and O–H groups in total. The van der Waals surface area contributed by atoms with Gasteiger partial charge in [0.25, 0.3) is 0 Å². The van der Waals surface area contributed by atoms with E-state index in [-0.39, 0.29) is 23.8 Å². The van der Waals surface area contributed by atoms with Gasteiger partial charge in [-0.25, -0.2) is 0 Å². The van der Waals surface area contributed by atoms with E-state index in [0.717, 1.165) is 25.9 Å². The smallest absolute Gasteiger partial charge is 0.312 e. The summed E-state index contributed by atoms with van der Waals surface area (Å²) in [5.41, 5.74) is -0.0694. The molecule has 0 aromatic carbocycles. The first-order valence-corrected chi connectivity index (χ1v) is 4.09. The zero-order valence-corrected chi connectivity index (χ0v) is 7.95. The lowest BCUT2D eigenvalue weighted by Crippen LogP contribution is -2.34. The van der Waals surface area contributed by atoms with Gasteiger partial charge in [0.2, 0.25) is 0 Å². The van der Waals surface area contributed by atoms with Gasteiger partial charge in [-0.2, -0.15) is 0 Å². The van der Waals surface area contributed by atoms with E-state index in [1.165, 1.54) is 7.11 Å². The number of nitrogens with one attached hydrogen (secondary N) is 1. The number of carbonyl (C=O) groups excluding carboxylic acids is 1. The van der Waals surface area contributed by atoms with Crippen molar-refractivity contribution in [3.8, 4) is 0 Å². The highest BCUT2D eigenvalue weighted by molar-refractivity contribution is 5.85. The van der Waals surface area contributed by atoms with Crippen LogP contribution in [0.5, 0.6) is 0 Å². The fourth-order valence-electron chi connectivity index (χ4n) is 2.10. The highest BCUT2D eigenvalue weighted by atomic mass is 35.5.